The fourth-order valence-corrected chi connectivity index (χ4v) is 4.55. The quantitative estimate of drug-likeness (QED) is 0.570. The van der Waals surface area contributed by atoms with Gasteiger partial charge in [-0.05, 0) is 51.0 Å². The first-order chi connectivity index (χ1) is 15.3. The third-order valence-corrected chi connectivity index (χ3v) is 6.18. The fraction of sp³-hybridized carbons (Fsp3) is 0.375. The molecular weight excluding hydrogens is 424 g/mol. The minimum Gasteiger partial charge on any atom is -0.348 e. The number of carbonyl (C=O) groups is 1. The Kier molecular flexibility index (Phi) is 6.64. The van der Waals surface area contributed by atoms with Gasteiger partial charge >= 0.3 is 0 Å². The van der Waals surface area contributed by atoms with E-state index in [-0.39, 0.29) is 23.8 Å². The largest absolute Gasteiger partial charge is 0.348 e. The van der Waals surface area contributed by atoms with E-state index in [0.29, 0.717) is 11.8 Å². The average Bonchev–Trinajstić information content (AvgIpc) is 3.14. The van der Waals surface area contributed by atoms with E-state index in [4.69, 9.17) is 9.47 Å². The number of amides is 1. The SMILES string of the molecule is Cc1cccc(-n2c(C)nnc2SCC(=O)NC2COC(C)(C)OC2c2ccccc2)c1. The molecule has 3 aromatic rings. The number of thioether (sulfide) groups is 1. The molecule has 2 unspecified atom stereocenters. The summed E-state index contributed by atoms with van der Waals surface area (Å²) in [4.78, 5) is 12.8. The third-order valence-electron chi connectivity index (χ3n) is 5.25. The van der Waals surface area contributed by atoms with Crippen LogP contribution in [0.2, 0.25) is 0 Å². The molecule has 32 heavy (non-hydrogen) atoms. The van der Waals surface area contributed by atoms with Crippen molar-refractivity contribution in [2.75, 3.05) is 12.4 Å². The van der Waals surface area contributed by atoms with E-state index in [1.54, 1.807) is 0 Å². The van der Waals surface area contributed by atoms with Gasteiger partial charge in [-0.25, -0.2) is 0 Å². The van der Waals surface area contributed by atoms with Gasteiger partial charge in [0.15, 0.2) is 10.9 Å². The highest BCUT2D eigenvalue weighted by Crippen LogP contribution is 2.33. The molecule has 0 radical (unpaired) electrons. The molecule has 2 aromatic carbocycles. The van der Waals surface area contributed by atoms with E-state index in [1.165, 1.54) is 11.8 Å². The topological polar surface area (TPSA) is 78.3 Å². The maximum Gasteiger partial charge on any atom is 0.230 e. The average molecular weight is 453 g/mol. The van der Waals surface area contributed by atoms with Crippen LogP contribution in [0.25, 0.3) is 5.69 Å². The van der Waals surface area contributed by atoms with E-state index in [9.17, 15) is 4.79 Å². The summed E-state index contributed by atoms with van der Waals surface area (Å²) in [6.45, 7) is 8.10. The Hall–Kier alpha value is -2.68. The normalized spacial score (nSPS) is 20.1. The third kappa shape index (κ3) is 5.20. The molecule has 1 saturated heterocycles. The summed E-state index contributed by atoms with van der Waals surface area (Å²) >= 11 is 1.36. The van der Waals surface area contributed by atoms with Crippen molar-refractivity contribution in [2.24, 2.45) is 0 Å². The Morgan fingerprint density at radius 1 is 1.16 bits per heavy atom. The van der Waals surface area contributed by atoms with Crippen molar-refractivity contribution < 1.29 is 14.3 Å². The molecule has 1 aliphatic rings. The molecule has 1 amide bonds. The zero-order valence-electron chi connectivity index (χ0n) is 18.7. The lowest BCUT2D eigenvalue weighted by molar-refractivity contribution is -0.284. The molecule has 1 aliphatic heterocycles. The summed E-state index contributed by atoms with van der Waals surface area (Å²) in [5.74, 6) is 0.173. The van der Waals surface area contributed by atoms with Gasteiger partial charge in [0.25, 0.3) is 0 Å². The van der Waals surface area contributed by atoms with Crippen molar-refractivity contribution in [1.29, 1.82) is 0 Å². The monoisotopic (exact) mass is 452 g/mol. The lowest BCUT2D eigenvalue weighted by Gasteiger charge is -2.41. The number of carbonyl (C=O) groups excluding carboxylic acids is 1. The first-order valence-corrected chi connectivity index (χ1v) is 11.6. The highest BCUT2D eigenvalue weighted by atomic mass is 32.2. The molecule has 0 spiro atoms. The fourth-order valence-electron chi connectivity index (χ4n) is 3.74. The summed E-state index contributed by atoms with van der Waals surface area (Å²) < 4.78 is 13.9. The molecule has 2 atom stereocenters. The molecule has 0 saturated carbocycles. The van der Waals surface area contributed by atoms with Gasteiger partial charge in [0.05, 0.1) is 18.4 Å². The van der Waals surface area contributed by atoms with Crippen molar-refractivity contribution >= 4 is 17.7 Å². The van der Waals surface area contributed by atoms with Crippen molar-refractivity contribution in [2.45, 2.75) is 50.8 Å². The van der Waals surface area contributed by atoms with Crippen molar-refractivity contribution in [3.05, 3.63) is 71.5 Å². The number of nitrogens with zero attached hydrogens (tertiary/aromatic N) is 3. The van der Waals surface area contributed by atoms with Gasteiger partial charge in [0.2, 0.25) is 5.91 Å². The Labute approximate surface area is 192 Å². The minimum atomic E-state index is -0.710. The Morgan fingerprint density at radius 3 is 2.69 bits per heavy atom. The second-order valence-corrected chi connectivity index (χ2v) is 9.27. The molecule has 1 aromatic heterocycles. The van der Waals surface area contributed by atoms with Crippen LogP contribution in [0.15, 0.2) is 59.8 Å². The van der Waals surface area contributed by atoms with Crippen molar-refractivity contribution in [1.82, 2.24) is 20.1 Å². The van der Waals surface area contributed by atoms with Gasteiger partial charge < -0.3 is 14.8 Å². The second kappa shape index (κ2) is 9.44. The summed E-state index contributed by atoms with van der Waals surface area (Å²) in [7, 11) is 0. The van der Waals surface area contributed by atoms with Crippen LogP contribution in [0.3, 0.4) is 0 Å². The molecule has 0 aliphatic carbocycles. The zero-order chi connectivity index (χ0) is 22.7. The number of ether oxygens (including phenoxy) is 2. The maximum atomic E-state index is 12.8. The number of rotatable bonds is 6. The van der Waals surface area contributed by atoms with Crippen LogP contribution in [-0.4, -0.2) is 44.9 Å². The summed E-state index contributed by atoms with van der Waals surface area (Å²) in [6, 6.07) is 17.8. The maximum absolute atomic E-state index is 12.8. The first-order valence-electron chi connectivity index (χ1n) is 10.6. The van der Waals surface area contributed by atoms with Gasteiger partial charge in [-0.3, -0.25) is 9.36 Å². The van der Waals surface area contributed by atoms with Crippen molar-refractivity contribution in [3.63, 3.8) is 0 Å². The number of benzene rings is 2. The van der Waals surface area contributed by atoms with Crippen LogP contribution in [0.5, 0.6) is 0 Å². The molecule has 2 heterocycles. The van der Waals surface area contributed by atoms with Crippen LogP contribution >= 0.6 is 11.8 Å². The highest BCUT2D eigenvalue weighted by Gasteiger charge is 2.38. The molecule has 7 nitrogen and oxygen atoms in total. The van der Waals surface area contributed by atoms with E-state index in [0.717, 1.165) is 22.6 Å². The number of hydrogen-bond acceptors (Lipinski definition) is 6. The molecule has 4 rings (SSSR count). The summed E-state index contributed by atoms with van der Waals surface area (Å²) in [5, 5.41) is 12.2. The molecule has 0 bridgehead atoms. The molecule has 1 N–H and O–H groups in total. The molecule has 168 valence electrons. The summed E-state index contributed by atoms with van der Waals surface area (Å²) in [5.41, 5.74) is 3.14. The van der Waals surface area contributed by atoms with Gasteiger partial charge in [-0.1, -0.05) is 54.2 Å². The van der Waals surface area contributed by atoms with E-state index >= 15 is 0 Å². The van der Waals surface area contributed by atoms with Crippen molar-refractivity contribution in [3.8, 4) is 5.69 Å². The minimum absolute atomic E-state index is 0.107. The lowest BCUT2D eigenvalue weighted by atomic mass is 10.0. The second-order valence-electron chi connectivity index (χ2n) is 8.33. The lowest BCUT2D eigenvalue weighted by Crippen LogP contribution is -2.52. The standard InChI is InChI=1S/C24H28N4O3S/c1-16-9-8-12-19(13-16)28-17(2)26-27-23(28)32-15-21(29)25-20-14-30-24(3,4)31-22(20)18-10-6-5-7-11-18/h5-13,20,22H,14-15H2,1-4H3,(H,25,29). The van der Waals surface area contributed by atoms with Crippen LogP contribution in [0, 0.1) is 13.8 Å². The summed E-state index contributed by atoms with van der Waals surface area (Å²) in [6.07, 6.45) is -0.285. The number of aryl methyl sites for hydroxylation is 2. The van der Waals surface area contributed by atoms with Crippen LogP contribution in [-0.2, 0) is 14.3 Å². The first kappa shape index (κ1) is 22.5. The molecule has 8 heteroatoms. The van der Waals surface area contributed by atoms with Crippen LogP contribution < -0.4 is 5.32 Å². The zero-order valence-corrected chi connectivity index (χ0v) is 19.6. The highest BCUT2D eigenvalue weighted by molar-refractivity contribution is 7.99. The van der Waals surface area contributed by atoms with Gasteiger partial charge in [-0.15, -0.1) is 10.2 Å². The van der Waals surface area contributed by atoms with Gasteiger partial charge in [0.1, 0.15) is 11.9 Å². The molecular formula is C24H28N4O3S. The number of hydrogen-bond donors (Lipinski definition) is 1. The van der Waals surface area contributed by atoms with E-state index in [1.807, 2.05) is 80.8 Å². The Bertz CT molecular complexity index is 1080. The molecule has 1 fully saturated rings. The predicted molar refractivity (Wildman–Crippen MR) is 124 cm³/mol. The van der Waals surface area contributed by atoms with E-state index < -0.39 is 5.79 Å². The number of aromatic nitrogens is 3. The van der Waals surface area contributed by atoms with Crippen LogP contribution in [0.4, 0.5) is 0 Å². The van der Waals surface area contributed by atoms with Gasteiger partial charge in [-0.2, -0.15) is 0 Å². The van der Waals surface area contributed by atoms with E-state index in [2.05, 4.69) is 21.6 Å². The smallest absolute Gasteiger partial charge is 0.230 e. The van der Waals surface area contributed by atoms with Gasteiger partial charge in [0, 0.05) is 5.69 Å². The van der Waals surface area contributed by atoms with Crippen LogP contribution in [0.1, 0.15) is 36.9 Å². The Morgan fingerprint density at radius 2 is 1.94 bits per heavy atom. The predicted octanol–water partition coefficient (Wildman–Crippen LogP) is 3.99. The Balaban J connectivity index is 1.44. The number of nitrogens with one attached hydrogen (secondary N) is 1.